The first-order chi connectivity index (χ1) is 15.4. The van der Waals surface area contributed by atoms with Crippen LogP contribution in [0.1, 0.15) is 55.6 Å². The average Bonchev–Trinajstić information content (AvgIpc) is 3.31. The number of hydrazone groups is 1. The van der Waals surface area contributed by atoms with E-state index in [0.29, 0.717) is 5.56 Å². The molecule has 5 nitrogen and oxygen atoms in total. The molecule has 2 heterocycles. The molecule has 1 amide bonds. The van der Waals surface area contributed by atoms with Crippen LogP contribution in [-0.4, -0.2) is 28.8 Å². The van der Waals surface area contributed by atoms with E-state index in [-0.39, 0.29) is 11.4 Å². The Morgan fingerprint density at radius 1 is 1.06 bits per heavy atom. The zero-order valence-electron chi connectivity index (χ0n) is 19.2. The summed E-state index contributed by atoms with van der Waals surface area (Å²) in [7, 11) is 0. The Morgan fingerprint density at radius 2 is 1.81 bits per heavy atom. The van der Waals surface area contributed by atoms with E-state index in [1.807, 2.05) is 47.3 Å². The molecule has 164 valence electrons. The van der Waals surface area contributed by atoms with Crippen LogP contribution in [0.4, 0.5) is 5.69 Å². The van der Waals surface area contributed by atoms with Gasteiger partial charge in [0.1, 0.15) is 0 Å². The fraction of sp³-hybridized carbons (Fsp3) is 0.259. The van der Waals surface area contributed by atoms with Gasteiger partial charge in [-0.2, -0.15) is 5.10 Å². The van der Waals surface area contributed by atoms with Crippen molar-refractivity contribution >= 4 is 23.4 Å². The largest absolute Gasteiger partial charge is 0.362 e. The zero-order valence-corrected chi connectivity index (χ0v) is 19.2. The van der Waals surface area contributed by atoms with Crippen LogP contribution in [0.5, 0.6) is 0 Å². The van der Waals surface area contributed by atoms with E-state index in [1.54, 1.807) is 12.3 Å². The summed E-state index contributed by atoms with van der Waals surface area (Å²) in [5, 5.41) is 4.23. The van der Waals surface area contributed by atoms with E-state index >= 15 is 0 Å². The Balaban J connectivity index is 1.54. The smallest absolute Gasteiger partial charge is 0.273 e. The fourth-order valence-electron chi connectivity index (χ4n) is 4.42. The Morgan fingerprint density at radius 3 is 2.56 bits per heavy atom. The van der Waals surface area contributed by atoms with Crippen molar-refractivity contribution in [3.63, 3.8) is 0 Å². The number of carbonyl (C=O) groups is 1. The van der Waals surface area contributed by atoms with Gasteiger partial charge >= 0.3 is 0 Å². The SMILES string of the molecule is CCCN1c2ccc(/C=N\NC(=O)c3ccccc3-n3cccc3)cc2C(C)=CC1(C)C. The molecule has 0 saturated heterocycles. The van der Waals surface area contributed by atoms with Crippen molar-refractivity contribution in [3.8, 4) is 5.69 Å². The van der Waals surface area contributed by atoms with Gasteiger partial charge in [-0.3, -0.25) is 4.79 Å². The quantitative estimate of drug-likeness (QED) is 0.409. The highest BCUT2D eigenvalue weighted by molar-refractivity contribution is 5.98. The van der Waals surface area contributed by atoms with Crippen molar-refractivity contribution in [1.82, 2.24) is 9.99 Å². The first-order valence-corrected chi connectivity index (χ1v) is 11.1. The first-order valence-electron chi connectivity index (χ1n) is 11.1. The number of nitrogens with one attached hydrogen (secondary N) is 1. The minimum atomic E-state index is -0.240. The lowest BCUT2D eigenvalue weighted by atomic mass is 9.88. The van der Waals surface area contributed by atoms with E-state index in [0.717, 1.165) is 24.2 Å². The molecule has 5 heteroatoms. The Labute approximate surface area is 190 Å². The van der Waals surface area contributed by atoms with Crippen LogP contribution in [0, 0.1) is 0 Å². The Kier molecular flexibility index (Phi) is 5.99. The highest BCUT2D eigenvalue weighted by atomic mass is 16.2. The van der Waals surface area contributed by atoms with E-state index in [4.69, 9.17) is 0 Å². The minimum absolute atomic E-state index is 0.0101. The van der Waals surface area contributed by atoms with Crippen LogP contribution in [-0.2, 0) is 0 Å². The predicted molar refractivity (Wildman–Crippen MR) is 133 cm³/mol. The number of anilines is 1. The van der Waals surface area contributed by atoms with Crippen molar-refractivity contribution in [3.05, 3.63) is 89.8 Å². The monoisotopic (exact) mass is 426 g/mol. The maximum absolute atomic E-state index is 12.8. The van der Waals surface area contributed by atoms with Crippen molar-refractivity contribution in [2.45, 2.75) is 39.7 Å². The van der Waals surface area contributed by atoms with Gasteiger partial charge in [0.05, 0.1) is 23.0 Å². The summed E-state index contributed by atoms with van der Waals surface area (Å²) in [6.07, 6.45) is 8.96. The third-order valence-corrected chi connectivity index (χ3v) is 5.86. The molecule has 0 fully saturated rings. The van der Waals surface area contributed by atoms with Crippen molar-refractivity contribution < 1.29 is 4.79 Å². The van der Waals surface area contributed by atoms with Gasteiger partial charge in [-0.25, -0.2) is 5.43 Å². The number of benzene rings is 2. The number of para-hydroxylation sites is 1. The number of hydrogen-bond donors (Lipinski definition) is 1. The molecule has 32 heavy (non-hydrogen) atoms. The lowest BCUT2D eigenvalue weighted by molar-refractivity contribution is 0.0955. The van der Waals surface area contributed by atoms with Crippen molar-refractivity contribution in [2.75, 3.05) is 11.4 Å². The van der Waals surface area contributed by atoms with Gasteiger partial charge in [-0.15, -0.1) is 0 Å². The molecule has 0 radical (unpaired) electrons. The predicted octanol–water partition coefficient (Wildman–Crippen LogP) is 5.65. The molecule has 1 aromatic heterocycles. The molecule has 1 aliphatic rings. The zero-order chi connectivity index (χ0) is 22.7. The van der Waals surface area contributed by atoms with Gasteiger partial charge < -0.3 is 9.47 Å². The molecule has 3 aromatic rings. The van der Waals surface area contributed by atoms with Crippen LogP contribution in [0.15, 0.2) is 78.2 Å². The number of rotatable bonds is 6. The second-order valence-corrected chi connectivity index (χ2v) is 8.72. The van der Waals surface area contributed by atoms with Gasteiger partial charge in [-0.1, -0.05) is 31.2 Å². The normalized spacial score (nSPS) is 14.9. The molecule has 0 aliphatic carbocycles. The number of allylic oxidation sites excluding steroid dienone is 1. The highest BCUT2D eigenvalue weighted by Gasteiger charge is 2.30. The maximum Gasteiger partial charge on any atom is 0.273 e. The van der Waals surface area contributed by atoms with E-state index in [2.05, 4.69) is 67.4 Å². The molecule has 0 atom stereocenters. The molecule has 0 saturated carbocycles. The van der Waals surface area contributed by atoms with E-state index in [9.17, 15) is 4.79 Å². The summed E-state index contributed by atoms with van der Waals surface area (Å²) in [5.41, 5.74) is 8.73. The van der Waals surface area contributed by atoms with Gasteiger partial charge in [0.15, 0.2) is 0 Å². The van der Waals surface area contributed by atoms with Gasteiger partial charge in [0.25, 0.3) is 5.91 Å². The summed E-state index contributed by atoms with van der Waals surface area (Å²) in [6, 6.07) is 17.7. The molecule has 0 bridgehead atoms. The average molecular weight is 427 g/mol. The summed E-state index contributed by atoms with van der Waals surface area (Å²) in [5.74, 6) is -0.240. The van der Waals surface area contributed by atoms with Gasteiger partial charge in [-0.05, 0) is 74.7 Å². The third-order valence-electron chi connectivity index (χ3n) is 5.86. The Bertz CT molecular complexity index is 1170. The molecule has 4 rings (SSSR count). The Hall–Kier alpha value is -3.60. The van der Waals surface area contributed by atoms with Gasteiger partial charge in [0, 0.05) is 30.2 Å². The standard InChI is InChI=1S/C27H30N4O/c1-5-14-31-25-13-12-21(17-23(25)20(2)18-27(31,3)4)19-28-29-26(32)22-10-6-7-11-24(22)30-15-8-9-16-30/h6-13,15-19H,5,14H2,1-4H3,(H,29,32)/b28-19-. The number of carbonyl (C=O) groups excluding carboxylic acids is 1. The number of nitrogens with zero attached hydrogens (tertiary/aromatic N) is 3. The lowest BCUT2D eigenvalue weighted by Crippen LogP contribution is -2.45. The van der Waals surface area contributed by atoms with Crippen molar-refractivity contribution in [1.29, 1.82) is 0 Å². The number of fused-ring (bicyclic) bond motifs is 1. The summed E-state index contributed by atoms with van der Waals surface area (Å²) in [6.45, 7) is 9.88. The molecular weight excluding hydrogens is 396 g/mol. The molecule has 1 aliphatic heterocycles. The lowest BCUT2D eigenvalue weighted by Gasteiger charge is -2.43. The molecular formula is C27H30N4O. The van der Waals surface area contributed by atoms with Gasteiger partial charge in [0.2, 0.25) is 0 Å². The third kappa shape index (κ3) is 4.24. The molecule has 0 unspecified atom stereocenters. The van der Waals surface area contributed by atoms with Crippen LogP contribution < -0.4 is 10.3 Å². The topological polar surface area (TPSA) is 49.6 Å². The first kappa shape index (κ1) is 21.6. The molecule has 0 spiro atoms. The second-order valence-electron chi connectivity index (χ2n) is 8.72. The van der Waals surface area contributed by atoms with E-state index in [1.165, 1.54) is 16.8 Å². The minimum Gasteiger partial charge on any atom is -0.362 e. The summed E-state index contributed by atoms with van der Waals surface area (Å²) < 4.78 is 1.92. The fourth-order valence-corrected chi connectivity index (χ4v) is 4.42. The summed E-state index contributed by atoms with van der Waals surface area (Å²) in [4.78, 5) is 15.2. The summed E-state index contributed by atoms with van der Waals surface area (Å²) >= 11 is 0. The van der Waals surface area contributed by atoms with Crippen LogP contribution in [0.3, 0.4) is 0 Å². The van der Waals surface area contributed by atoms with Crippen molar-refractivity contribution in [2.24, 2.45) is 5.10 Å². The molecule has 1 N–H and O–H groups in total. The second kappa shape index (κ2) is 8.87. The highest BCUT2D eigenvalue weighted by Crippen LogP contribution is 2.39. The maximum atomic E-state index is 12.8. The molecule has 2 aromatic carbocycles. The van der Waals surface area contributed by atoms with Crippen LogP contribution in [0.2, 0.25) is 0 Å². The van der Waals surface area contributed by atoms with Crippen LogP contribution >= 0.6 is 0 Å². The van der Waals surface area contributed by atoms with E-state index < -0.39 is 0 Å². The number of amides is 1. The number of aromatic nitrogens is 1. The number of hydrogen-bond acceptors (Lipinski definition) is 3. The van der Waals surface area contributed by atoms with Crippen LogP contribution in [0.25, 0.3) is 11.3 Å².